The predicted molar refractivity (Wildman–Crippen MR) is 75.5 cm³/mol. The van der Waals surface area contributed by atoms with Crippen LogP contribution in [0.25, 0.3) is 0 Å². The maximum atomic E-state index is 12.4. The average molecular weight is 273 g/mol. The maximum absolute atomic E-state index is 12.4. The first-order valence-electron chi connectivity index (χ1n) is 6.58. The Kier molecular flexibility index (Phi) is 4.17. The summed E-state index contributed by atoms with van der Waals surface area (Å²) in [7, 11) is 1.80. The van der Waals surface area contributed by atoms with E-state index in [-0.39, 0.29) is 11.9 Å². The summed E-state index contributed by atoms with van der Waals surface area (Å²) in [6, 6.07) is 1.82. The molecular weight excluding hydrogens is 254 g/mol. The lowest BCUT2D eigenvalue weighted by molar-refractivity contribution is 0.0741. The molecule has 0 aliphatic carbocycles. The second-order valence-corrected chi connectivity index (χ2v) is 4.99. The second-order valence-electron chi connectivity index (χ2n) is 4.99. The Morgan fingerprint density at radius 3 is 2.70 bits per heavy atom. The molecule has 0 radical (unpaired) electrons. The standard InChI is InChI=1S/C15H19N3O2/c1-10(7-13-9-16-5-6-17-13)18(4)15(19)14-8-11(2)20-12(14)3/h5-6,8-10H,7H2,1-4H3. The highest BCUT2D eigenvalue weighted by Crippen LogP contribution is 2.17. The molecule has 0 N–H and O–H groups in total. The zero-order valence-corrected chi connectivity index (χ0v) is 12.3. The Morgan fingerprint density at radius 2 is 2.15 bits per heavy atom. The van der Waals surface area contributed by atoms with Crippen molar-refractivity contribution in [3.63, 3.8) is 0 Å². The van der Waals surface area contributed by atoms with Gasteiger partial charge in [-0.1, -0.05) is 0 Å². The van der Waals surface area contributed by atoms with Gasteiger partial charge in [0.25, 0.3) is 5.91 Å². The largest absolute Gasteiger partial charge is 0.466 e. The molecule has 0 saturated carbocycles. The number of furan rings is 1. The van der Waals surface area contributed by atoms with Crippen molar-refractivity contribution in [2.75, 3.05) is 7.05 Å². The minimum Gasteiger partial charge on any atom is -0.466 e. The molecule has 5 nitrogen and oxygen atoms in total. The fourth-order valence-electron chi connectivity index (χ4n) is 2.11. The monoisotopic (exact) mass is 273 g/mol. The highest BCUT2D eigenvalue weighted by atomic mass is 16.3. The van der Waals surface area contributed by atoms with E-state index in [1.54, 1.807) is 43.5 Å². The SMILES string of the molecule is Cc1cc(C(=O)N(C)C(C)Cc2cnccn2)c(C)o1. The van der Waals surface area contributed by atoms with E-state index >= 15 is 0 Å². The summed E-state index contributed by atoms with van der Waals surface area (Å²) in [4.78, 5) is 22.4. The summed E-state index contributed by atoms with van der Waals surface area (Å²) in [5.74, 6) is 1.38. The third kappa shape index (κ3) is 3.04. The molecule has 5 heteroatoms. The van der Waals surface area contributed by atoms with E-state index in [0.717, 1.165) is 11.5 Å². The van der Waals surface area contributed by atoms with Crippen molar-refractivity contribution in [1.29, 1.82) is 0 Å². The lowest BCUT2D eigenvalue weighted by Crippen LogP contribution is -2.36. The summed E-state index contributed by atoms with van der Waals surface area (Å²) in [5.41, 5.74) is 1.50. The van der Waals surface area contributed by atoms with Gasteiger partial charge in [-0.2, -0.15) is 0 Å². The van der Waals surface area contributed by atoms with Gasteiger partial charge in [-0.05, 0) is 26.8 Å². The number of aryl methyl sites for hydroxylation is 2. The predicted octanol–water partition coefficient (Wildman–Crippen LogP) is 2.39. The molecule has 0 bridgehead atoms. The van der Waals surface area contributed by atoms with Crippen molar-refractivity contribution in [1.82, 2.24) is 14.9 Å². The summed E-state index contributed by atoms with van der Waals surface area (Å²) in [6.07, 6.45) is 5.70. The molecule has 1 unspecified atom stereocenters. The summed E-state index contributed by atoms with van der Waals surface area (Å²) < 4.78 is 5.41. The second kappa shape index (κ2) is 5.86. The molecule has 2 aromatic heterocycles. The van der Waals surface area contributed by atoms with Crippen LogP contribution in [-0.2, 0) is 6.42 Å². The zero-order chi connectivity index (χ0) is 14.7. The number of aromatic nitrogens is 2. The number of likely N-dealkylation sites (N-methyl/N-ethyl adjacent to an activating group) is 1. The van der Waals surface area contributed by atoms with Crippen molar-refractivity contribution in [3.05, 3.63) is 47.4 Å². The fraction of sp³-hybridized carbons (Fsp3) is 0.400. The van der Waals surface area contributed by atoms with Crippen LogP contribution in [0.15, 0.2) is 29.1 Å². The molecule has 1 atom stereocenters. The lowest BCUT2D eigenvalue weighted by Gasteiger charge is -2.24. The normalized spacial score (nSPS) is 12.2. The first-order chi connectivity index (χ1) is 9.49. The zero-order valence-electron chi connectivity index (χ0n) is 12.3. The molecule has 0 aliphatic rings. The van der Waals surface area contributed by atoms with Crippen LogP contribution in [0.3, 0.4) is 0 Å². The molecule has 0 spiro atoms. The molecular formula is C15H19N3O2. The molecule has 2 heterocycles. The van der Waals surface area contributed by atoms with Crippen molar-refractivity contribution in [3.8, 4) is 0 Å². The van der Waals surface area contributed by atoms with Crippen LogP contribution >= 0.6 is 0 Å². The van der Waals surface area contributed by atoms with Crippen LogP contribution in [0.5, 0.6) is 0 Å². The molecule has 0 fully saturated rings. The molecule has 0 saturated heterocycles. The van der Waals surface area contributed by atoms with Gasteiger partial charge in [0.1, 0.15) is 11.5 Å². The Balaban J connectivity index is 2.08. The molecule has 1 amide bonds. The van der Waals surface area contributed by atoms with Crippen LogP contribution in [0.2, 0.25) is 0 Å². The molecule has 106 valence electrons. The van der Waals surface area contributed by atoms with Gasteiger partial charge in [-0.15, -0.1) is 0 Å². The van der Waals surface area contributed by atoms with E-state index in [1.165, 1.54) is 0 Å². The molecule has 2 rings (SSSR count). The number of amides is 1. The van der Waals surface area contributed by atoms with E-state index in [4.69, 9.17) is 4.42 Å². The van der Waals surface area contributed by atoms with Gasteiger partial charge < -0.3 is 9.32 Å². The van der Waals surface area contributed by atoms with Crippen molar-refractivity contribution >= 4 is 5.91 Å². The summed E-state index contributed by atoms with van der Waals surface area (Å²) in [6.45, 7) is 5.64. The third-order valence-electron chi connectivity index (χ3n) is 3.37. The summed E-state index contributed by atoms with van der Waals surface area (Å²) >= 11 is 0. The number of hydrogen-bond acceptors (Lipinski definition) is 4. The van der Waals surface area contributed by atoms with Gasteiger partial charge in [0.15, 0.2) is 0 Å². The highest BCUT2D eigenvalue weighted by molar-refractivity contribution is 5.95. The van der Waals surface area contributed by atoms with Crippen molar-refractivity contribution in [2.45, 2.75) is 33.2 Å². The minimum atomic E-state index is -0.0317. The van der Waals surface area contributed by atoms with Gasteiger partial charge in [0.2, 0.25) is 0 Å². The number of rotatable bonds is 4. The maximum Gasteiger partial charge on any atom is 0.257 e. The number of hydrogen-bond donors (Lipinski definition) is 0. The van der Waals surface area contributed by atoms with Crippen LogP contribution < -0.4 is 0 Å². The van der Waals surface area contributed by atoms with Gasteiger partial charge in [-0.25, -0.2) is 0 Å². The quantitative estimate of drug-likeness (QED) is 0.858. The van der Waals surface area contributed by atoms with Gasteiger partial charge in [0, 0.05) is 38.1 Å². The van der Waals surface area contributed by atoms with E-state index in [0.29, 0.717) is 17.7 Å². The first kappa shape index (κ1) is 14.2. The number of nitrogens with zero attached hydrogens (tertiary/aromatic N) is 3. The number of carbonyl (C=O) groups is 1. The average Bonchev–Trinajstić information content (AvgIpc) is 2.77. The van der Waals surface area contributed by atoms with Crippen LogP contribution in [0, 0.1) is 13.8 Å². The van der Waals surface area contributed by atoms with E-state index in [1.807, 2.05) is 13.8 Å². The van der Waals surface area contributed by atoms with Gasteiger partial charge >= 0.3 is 0 Å². The fourth-order valence-corrected chi connectivity index (χ4v) is 2.11. The topological polar surface area (TPSA) is 59.2 Å². The smallest absolute Gasteiger partial charge is 0.257 e. The highest BCUT2D eigenvalue weighted by Gasteiger charge is 2.21. The third-order valence-corrected chi connectivity index (χ3v) is 3.37. The van der Waals surface area contributed by atoms with Crippen LogP contribution in [0.4, 0.5) is 0 Å². The molecule has 0 aliphatic heterocycles. The lowest BCUT2D eigenvalue weighted by atomic mass is 10.1. The Bertz CT molecular complexity index is 592. The minimum absolute atomic E-state index is 0.0317. The Labute approximate surface area is 118 Å². The molecule has 20 heavy (non-hydrogen) atoms. The van der Waals surface area contributed by atoms with E-state index in [2.05, 4.69) is 9.97 Å². The Hall–Kier alpha value is -2.17. The van der Waals surface area contributed by atoms with Crippen molar-refractivity contribution < 1.29 is 9.21 Å². The molecule has 0 aromatic carbocycles. The first-order valence-corrected chi connectivity index (χ1v) is 6.58. The molecule has 2 aromatic rings. The van der Waals surface area contributed by atoms with E-state index in [9.17, 15) is 4.79 Å². The van der Waals surface area contributed by atoms with E-state index < -0.39 is 0 Å². The van der Waals surface area contributed by atoms with Crippen LogP contribution in [-0.4, -0.2) is 33.9 Å². The summed E-state index contributed by atoms with van der Waals surface area (Å²) in [5, 5.41) is 0. The van der Waals surface area contributed by atoms with Crippen LogP contribution in [0.1, 0.15) is 34.5 Å². The number of carbonyl (C=O) groups excluding carboxylic acids is 1. The van der Waals surface area contributed by atoms with Gasteiger partial charge in [0.05, 0.1) is 11.3 Å². The van der Waals surface area contributed by atoms with Gasteiger partial charge in [-0.3, -0.25) is 14.8 Å². The Morgan fingerprint density at radius 1 is 1.40 bits per heavy atom. The van der Waals surface area contributed by atoms with Crippen molar-refractivity contribution in [2.24, 2.45) is 0 Å².